The summed E-state index contributed by atoms with van der Waals surface area (Å²) >= 11 is 0. The van der Waals surface area contributed by atoms with Crippen molar-refractivity contribution in [2.45, 2.75) is 25.1 Å². The molecule has 2 atom stereocenters. The quantitative estimate of drug-likeness (QED) is 0.511. The molecule has 4 heterocycles. The SMILES string of the molecule is COc1ccc2cc1OCC(=O)NCc1ccc(cc1)O[C@@H]1CCN(c3ccnc(OC)c3C#N)C[C@@H]1NC2=O. The second-order valence-corrected chi connectivity index (χ2v) is 9.37. The van der Waals surface area contributed by atoms with Crippen molar-refractivity contribution in [3.8, 4) is 29.2 Å². The predicted octanol–water partition coefficient (Wildman–Crippen LogP) is 2.44. The third-order valence-corrected chi connectivity index (χ3v) is 6.89. The Bertz CT molecular complexity index is 1440. The van der Waals surface area contributed by atoms with E-state index >= 15 is 0 Å². The van der Waals surface area contributed by atoms with Crippen molar-refractivity contribution in [1.29, 1.82) is 5.26 Å². The van der Waals surface area contributed by atoms with E-state index in [1.807, 2.05) is 29.2 Å². The third-order valence-electron chi connectivity index (χ3n) is 6.89. The molecular formula is C29H29N5O6. The number of amides is 2. The summed E-state index contributed by atoms with van der Waals surface area (Å²) in [7, 11) is 2.96. The molecule has 6 rings (SSSR count). The number of methoxy groups -OCH3 is 2. The fourth-order valence-electron chi connectivity index (χ4n) is 4.82. The first kappa shape index (κ1) is 26.6. The van der Waals surface area contributed by atoms with Crippen LogP contribution < -0.4 is 34.5 Å². The van der Waals surface area contributed by atoms with E-state index in [-0.39, 0.29) is 36.2 Å². The van der Waals surface area contributed by atoms with Crippen LogP contribution in [0.15, 0.2) is 54.7 Å². The van der Waals surface area contributed by atoms with Crippen molar-refractivity contribution >= 4 is 17.5 Å². The van der Waals surface area contributed by atoms with Gasteiger partial charge in [0.1, 0.15) is 23.5 Å². The van der Waals surface area contributed by atoms with Gasteiger partial charge in [0.05, 0.1) is 25.9 Å². The number of nitrogens with one attached hydrogen (secondary N) is 2. The Balaban J connectivity index is 1.48. The predicted molar refractivity (Wildman–Crippen MR) is 145 cm³/mol. The number of fused-ring (bicyclic) bond motifs is 7. The topological polar surface area (TPSA) is 135 Å². The number of anilines is 1. The van der Waals surface area contributed by atoms with E-state index in [0.29, 0.717) is 54.4 Å². The second-order valence-electron chi connectivity index (χ2n) is 9.37. The number of carbonyl (C=O) groups is 2. The van der Waals surface area contributed by atoms with Crippen molar-refractivity contribution in [1.82, 2.24) is 15.6 Å². The van der Waals surface area contributed by atoms with Crippen LogP contribution in [0.4, 0.5) is 5.69 Å². The first-order valence-corrected chi connectivity index (χ1v) is 12.8. The molecule has 0 aliphatic carbocycles. The maximum absolute atomic E-state index is 13.5. The molecule has 11 heteroatoms. The summed E-state index contributed by atoms with van der Waals surface area (Å²) in [6, 6.07) is 15.8. The van der Waals surface area contributed by atoms with Gasteiger partial charge in [-0.1, -0.05) is 12.1 Å². The highest BCUT2D eigenvalue weighted by Crippen LogP contribution is 2.31. The van der Waals surface area contributed by atoms with Gasteiger partial charge in [-0.05, 0) is 42.0 Å². The normalized spacial score (nSPS) is 19.1. The van der Waals surface area contributed by atoms with E-state index in [9.17, 15) is 14.9 Å². The zero-order chi connectivity index (χ0) is 28.1. The fourth-order valence-corrected chi connectivity index (χ4v) is 4.82. The molecular weight excluding hydrogens is 514 g/mol. The number of carbonyl (C=O) groups excluding carboxylic acids is 2. The van der Waals surface area contributed by atoms with E-state index in [2.05, 4.69) is 21.7 Å². The highest BCUT2D eigenvalue weighted by Gasteiger charge is 2.34. The molecule has 2 N–H and O–H groups in total. The van der Waals surface area contributed by atoms with Crippen LogP contribution in [0.3, 0.4) is 0 Å². The van der Waals surface area contributed by atoms with Crippen molar-refractivity contribution in [2.24, 2.45) is 0 Å². The van der Waals surface area contributed by atoms with Crippen molar-refractivity contribution < 1.29 is 28.5 Å². The smallest absolute Gasteiger partial charge is 0.258 e. The minimum absolute atomic E-state index is 0.237. The van der Waals surface area contributed by atoms with Gasteiger partial charge in [0.15, 0.2) is 18.1 Å². The molecule has 1 saturated heterocycles. The molecule has 4 bridgehead atoms. The van der Waals surface area contributed by atoms with Crippen molar-refractivity contribution in [2.75, 3.05) is 38.8 Å². The lowest BCUT2D eigenvalue weighted by atomic mass is 9.99. The molecule has 1 aromatic heterocycles. The maximum Gasteiger partial charge on any atom is 0.258 e. The van der Waals surface area contributed by atoms with Gasteiger partial charge in [-0.25, -0.2) is 4.98 Å². The number of piperidine rings is 1. The molecule has 3 aromatic rings. The van der Waals surface area contributed by atoms with Crippen LogP contribution in [0, 0.1) is 11.3 Å². The third kappa shape index (κ3) is 5.71. The van der Waals surface area contributed by atoms with Crippen LogP contribution in [-0.2, 0) is 11.3 Å². The summed E-state index contributed by atoms with van der Waals surface area (Å²) in [5, 5.41) is 15.7. The summed E-state index contributed by atoms with van der Waals surface area (Å²) in [5.41, 5.74) is 2.24. The van der Waals surface area contributed by atoms with Gasteiger partial charge in [0, 0.05) is 37.8 Å². The van der Waals surface area contributed by atoms with Gasteiger partial charge < -0.3 is 34.5 Å². The average Bonchev–Trinajstić information content (AvgIpc) is 2.99. The number of ether oxygens (including phenoxy) is 4. The van der Waals surface area contributed by atoms with Crippen molar-refractivity contribution in [3.05, 3.63) is 71.4 Å². The summed E-state index contributed by atoms with van der Waals surface area (Å²) in [4.78, 5) is 32.0. The molecule has 206 valence electrons. The molecule has 2 amide bonds. The van der Waals surface area contributed by atoms with E-state index < -0.39 is 6.04 Å². The molecule has 1 fully saturated rings. The Hall–Kier alpha value is -4.98. The minimum Gasteiger partial charge on any atom is -0.493 e. The van der Waals surface area contributed by atoms with E-state index in [1.54, 1.807) is 30.5 Å². The van der Waals surface area contributed by atoms with Gasteiger partial charge >= 0.3 is 0 Å². The van der Waals surface area contributed by atoms with Crippen LogP contribution in [0.2, 0.25) is 0 Å². The fraction of sp³-hybridized carbons (Fsp3) is 0.310. The summed E-state index contributed by atoms with van der Waals surface area (Å²) < 4.78 is 22.7. The molecule has 2 aromatic carbocycles. The number of aromatic nitrogens is 1. The summed E-state index contributed by atoms with van der Waals surface area (Å²) in [6.45, 7) is 1.06. The number of hydrogen-bond donors (Lipinski definition) is 2. The van der Waals surface area contributed by atoms with Crippen LogP contribution >= 0.6 is 0 Å². The standard InChI is InChI=1S/C29H29N5O6/c1-37-25-8-5-19-13-26(25)39-17-27(35)32-15-18-3-6-20(7-4-18)40-24-10-12-34(16-22(24)33-28(19)36)23-9-11-31-29(38-2)21(23)14-30/h3-9,11,13,22,24H,10,12,15-17H2,1-2H3,(H,32,35)(H,33,36)/t22-,24+/m0/s1. The highest BCUT2D eigenvalue weighted by atomic mass is 16.5. The maximum atomic E-state index is 13.5. The van der Waals surface area contributed by atoms with Gasteiger partial charge in [-0.15, -0.1) is 0 Å². The molecule has 40 heavy (non-hydrogen) atoms. The van der Waals surface area contributed by atoms with Crippen molar-refractivity contribution in [3.63, 3.8) is 0 Å². The summed E-state index contributed by atoms with van der Waals surface area (Å²) in [6.07, 6.45) is 1.83. The lowest BCUT2D eigenvalue weighted by molar-refractivity contribution is -0.123. The number of hydrogen-bond acceptors (Lipinski definition) is 9. The van der Waals surface area contributed by atoms with Crippen LogP contribution in [-0.4, -0.2) is 62.9 Å². The average molecular weight is 544 g/mol. The van der Waals surface area contributed by atoms with Gasteiger partial charge in [-0.3, -0.25) is 9.59 Å². The number of nitriles is 1. The van der Waals surface area contributed by atoms with Gasteiger partial charge in [-0.2, -0.15) is 5.26 Å². The molecule has 11 nitrogen and oxygen atoms in total. The summed E-state index contributed by atoms with van der Waals surface area (Å²) in [5.74, 6) is 0.921. The Morgan fingerprint density at radius 2 is 1.93 bits per heavy atom. The molecule has 0 spiro atoms. The van der Waals surface area contributed by atoms with Crippen LogP contribution in [0.1, 0.15) is 27.9 Å². The number of rotatable bonds is 3. The Kier molecular flexibility index (Phi) is 7.87. The largest absolute Gasteiger partial charge is 0.493 e. The molecule has 0 radical (unpaired) electrons. The molecule has 0 unspecified atom stereocenters. The first-order valence-electron chi connectivity index (χ1n) is 12.8. The lowest BCUT2D eigenvalue weighted by Gasteiger charge is -2.40. The zero-order valence-electron chi connectivity index (χ0n) is 22.2. The Morgan fingerprint density at radius 1 is 1.10 bits per heavy atom. The first-order chi connectivity index (χ1) is 19.5. The second kappa shape index (κ2) is 11.8. The van der Waals surface area contributed by atoms with Gasteiger partial charge in [0.2, 0.25) is 5.88 Å². The number of benzene rings is 2. The lowest BCUT2D eigenvalue weighted by Crippen LogP contribution is -2.57. The molecule has 3 aliphatic rings. The Labute approximate surface area is 231 Å². The minimum atomic E-state index is -0.433. The van der Waals surface area contributed by atoms with Crippen LogP contribution in [0.25, 0.3) is 0 Å². The zero-order valence-corrected chi connectivity index (χ0v) is 22.2. The number of nitrogens with zero attached hydrogens (tertiary/aromatic N) is 3. The Morgan fingerprint density at radius 3 is 2.67 bits per heavy atom. The van der Waals surface area contributed by atoms with E-state index in [0.717, 1.165) is 5.56 Å². The molecule has 3 aliphatic heterocycles. The monoisotopic (exact) mass is 543 g/mol. The molecule has 0 saturated carbocycles. The van der Waals surface area contributed by atoms with Crippen LogP contribution in [0.5, 0.6) is 23.1 Å². The number of pyridine rings is 1. The van der Waals surface area contributed by atoms with E-state index in [1.165, 1.54) is 14.2 Å². The van der Waals surface area contributed by atoms with E-state index in [4.69, 9.17) is 18.9 Å². The highest BCUT2D eigenvalue weighted by molar-refractivity contribution is 5.95. The van der Waals surface area contributed by atoms with Gasteiger partial charge in [0.25, 0.3) is 11.8 Å².